The summed E-state index contributed by atoms with van der Waals surface area (Å²) < 4.78 is 4.98. The van der Waals surface area contributed by atoms with Crippen LogP contribution in [0.1, 0.15) is 41.0 Å². The molecule has 0 saturated carbocycles. The fraction of sp³-hybridized carbons (Fsp3) is 0.750. The molecule has 0 heterocycles. The SMILES string of the molecule is C.CC(C)(C)OC(=O)N[C@@H](CCCN=C(N)N)C(=O)O. The Kier molecular flexibility index (Phi) is 9.15. The van der Waals surface area contributed by atoms with Gasteiger partial charge in [-0.1, -0.05) is 7.43 Å². The number of guanidine groups is 1. The zero-order chi connectivity index (χ0) is 15.1. The molecule has 0 radical (unpaired) electrons. The summed E-state index contributed by atoms with van der Waals surface area (Å²) in [4.78, 5) is 26.2. The molecule has 0 aromatic rings. The highest BCUT2D eigenvalue weighted by atomic mass is 16.6. The molecule has 8 nitrogen and oxygen atoms in total. The van der Waals surface area contributed by atoms with Gasteiger partial charge in [0, 0.05) is 6.54 Å². The zero-order valence-corrected chi connectivity index (χ0v) is 11.5. The minimum atomic E-state index is -1.13. The first-order valence-electron chi connectivity index (χ1n) is 5.89. The van der Waals surface area contributed by atoms with Crippen molar-refractivity contribution < 1.29 is 19.4 Å². The standard InChI is InChI=1S/C11H22N4O4.CH4/c1-11(2,3)19-10(18)15-7(8(16)17)5-4-6-14-9(12)13;/h7H,4-6H2,1-3H3,(H,15,18)(H,16,17)(H4,12,13,14);1H4/t7-;/m0./s1. The third-order valence-corrected chi connectivity index (χ3v) is 1.93. The number of nitrogens with zero attached hydrogens (tertiary/aromatic N) is 1. The average Bonchev–Trinajstić information content (AvgIpc) is 2.19. The topological polar surface area (TPSA) is 140 Å². The summed E-state index contributed by atoms with van der Waals surface area (Å²) in [6.07, 6.45) is -0.113. The van der Waals surface area contributed by atoms with Crippen LogP contribution in [0.25, 0.3) is 0 Å². The summed E-state index contributed by atoms with van der Waals surface area (Å²) in [7, 11) is 0. The van der Waals surface area contributed by atoms with Crippen molar-refractivity contribution in [3.05, 3.63) is 0 Å². The van der Waals surface area contributed by atoms with E-state index in [0.29, 0.717) is 13.0 Å². The van der Waals surface area contributed by atoms with Gasteiger partial charge in [0.15, 0.2) is 5.96 Å². The first-order chi connectivity index (χ1) is 8.61. The minimum Gasteiger partial charge on any atom is -0.480 e. The largest absolute Gasteiger partial charge is 0.480 e. The number of hydrogen-bond acceptors (Lipinski definition) is 4. The van der Waals surface area contributed by atoms with Crippen LogP contribution < -0.4 is 16.8 Å². The maximum atomic E-state index is 11.5. The summed E-state index contributed by atoms with van der Waals surface area (Å²) in [6.45, 7) is 5.39. The average molecular weight is 290 g/mol. The van der Waals surface area contributed by atoms with Crippen LogP contribution in [-0.2, 0) is 9.53 Å². The second-order valence-corrected chi connectivity index (χ2v) is 4.99. The molecule has 0 aliphatic carbocycles. The highest BCUT2D eigenvalue weighted by Gasteiger charge is 2.23. The molecule has 0 fully saturated rings. The van der Waals surface area contributed by atoms with Gasteiger partial charge in [-0.25, -0.2) is 9.59 Å². The molecule has 1 amide bonds. The monoisotopic (exact) mass is 290 g/mol. The van der Waals surface area contributed by atoms with Crippen molar-refractivity contribution in [3.8, 4) is 0 Å². The molecule has 0 saturated heterocycles. The number of amides is 1. The Morgan fingerprint density at radius 1 is 1.35 bits per heavy atom. The molecule has 0 aliphatic heterocycles. The first-order valence-corrected chi connectivity index (χ1v) is 5.89. The van der Waals surface area contributed by atoms with E-state index >= 15 is 0 Å². The summed E-state index contributed by atoms with van der Waals surface area (Å²) in [5.41, 5.74) is 9.61. The van der Waals surface area contributed by atoms with Crippen LogP contribution in [0.2, 0.25) is 0 Å². The molecule has 0 unspecified atom stereocenters. The summed E-state index contributed by atoms with van der Waals surface area (Å²) in [5, 5.41) is 11.3. The van der Waals surface area contributed by atoms with Crippen molar-refractivity contribution in [2.75, 3.05) is 6.54 Å². The second-order valence-electron chi connectivity index (χ2n) is 4.99. The molecule has 0 aromatic carbocycles. The van der Waals surface area contributed by atoms with Gasteiger partial charge in [0.2, 0.25) is 0 Å². The Morgan fingerprint density at radius 3 is 2.30 bits per heavy atom. The van der Waals surface area contributed by atoms with Crippen molar-refractivity contribution in [1.82, 2.24) is 5.32 Å². The Bertz CT molecular complexity index is 346. The van der Waals surface area contributed by atoms with Gasteiger partial charge >= 0.3 is 12.1 Å². The zero-order valence-electron chi connectivity index (χ0n) is 11.5. The molecule has 6 N–H and O–H groups in total. The van der Waals surface area contributed by atoms with Crippen molar-refractivity contribution in [1.29, 1.82) is 0 Å². The third-order valence-electron chi connectivity index (χ3n) is 1.93. The summed E-state index contributed by atoms with van der Waals surface area (Å²) in [6, 6.07) is -1.02. The van der Waals surface area contributed by atoms with Crippen molar-refractivity contribution in [3.63, 3.8) is 0 Å². The maximum absolute atomic E-state index is 11.5. The number of rotatable bonds is 6. The molecule has 1 atom stereocenters. The third kappa shape index (κ3) is 11.1. The van der Waals surface area contributed by atoms with E-state index < -0.39 is 23.7 Å². The lowest BCUT2D eigenvalue weighted by atomic mass is 10.1. The highest BCUT2D eigenvalue weighted by Crippen LogP contribution is 2.07. The molecule has 20 heavy (non-hydrogen) atoms. The van der Waals surface area contributed by atoms with Gasteiger partial charge in [-0.05, 0) is 33.6 Å². The Morgan fingerprint density at radius 2 is 1.90 bits per heavy atom. The number of carboxylic acid groups (broad SMARTS) is 1. The fourth-order valence-electron chi connectivity index (χ4n) is 1.21. The molecule has 118 valence electrons. The van der Waals surface area contributed by atoms with Gasteiger partial charge in [-0.3, -0.25) is 4.99 Å². The van der Waals surface area contributed by atoms with Gasteiger partial charge < -0.3 is 26.6 Å². The normalized spacial score (nSPS) is 11.8. The number of carbonyl (C=O) groups is 2. The lowest BCUT2D eigenvalue weighted by Gasteiger charge is -2.21. The first kappa shape index (κ1) is 20.3. The molecule has 0 aromatic heterocycles. The van der Waals surface area contributed by atoms with Crippen LogP contribution >= 0.6 is 0 Å². The van der Waals surface area contributed by atoms with Crippen molar-refractivity contribution in [2.24, 2.45) is 16.5 Å². The number of aliphatic carboxylic acids is 1. The van der Waals surface area contributed by atoms with Gasteiger partial charge in [0.1, 0.15) is 11.6 Å². The fourth-order valence-corrected chi connectivity index (χ4v) is 1.21. The number of ether oxygens (including phenoxy) is 1. The minimum absolute atomic E-state index is 0. The summed E-state index contributed by atoms with van der Waals surface area (Å²) >= 11 is 0. The van der Waals surface area contributed by atoms with E-state index in [-0.39, 0.29) is 19.8 Å². The van der Waals surface area contributed by atoms with Gasteiger partial charge in [0.05, 0.1) is 0 Å². The number of nitrogens with two attached hydrogens (primary N) is 2. The lowest BCUT2D eigenvalue weighted by molar-refractivity contribution is -0.139. The van der Waals surface area contributed by atoms with Gasteiger partial charge in [-0.2, -0.15) is 0 Å². The van der Waals surface area contributed by atoms with E-state index in [1.54, 1.807) is 20.8 Å². The number of alkyl carbamates (subject to hydrolysis) is 1. The Balaban J connectivity index is 0. The predicted molar refractivity (Wildman–Crippen MR) is 77.4 cm³/mol. The van der Waals surface area contributed by atoms with Crippen LogP contribution in [-0.4, -0.2) is 41.3 Å². The molecule has 0 spiro atoms. The van der Waals surface area contributed by atoms with Gasteiger partial charge in [-0.15, -0.1) is 0 Å². The van der Waals surface area contributed by atoms with E-state index in [1.165, 1.54) is 0 Å². The van der Waals surface area contributed by atoms with E-state index in [0.717, 1.165) is 0 Å². The smallest absolute Gasteiger partial charge is 0.408 e. The summed E-state index contributed by atoms with van der Waals surface area (Å²) in [5.74, 6) is -1.18. The van der Waals surface area contributed by atoms with Crippen molar-refractivity contribution >= 4 is 18.0 Å². The predicted octanol–water partition coefficient (Wildman–Crippen LogP) is 0.654. The molecule has 8 heteroatoms. The Hall–Kier alpha value is -1.99. The highest BCUT2D eigenvalue weighted by molar-refractivity contribution is 5.80. The molecular weight excluding hydrogens is 264 g/mol. The Labute approximate surface area is 119 Å². The number of aliphatic imine (C=N–C) groups is 1. The quantitative estimate of drug-likeness (QED) is 0.322. The molecular formula is C12H26N4O4. The van der Waals surface area contributed by atoms with Crippen LogP contribution in [0, 0.1) is 0 Å². The molecule has 0 aliphatic rings. The van der Waals surface area contributed by atoms with E-state index in [9.17, 15) is 9.59 Å². The number of carbonyl (C=O) groups excluding carboxylic acids is 1. The maximum Gasteiger partial charge on any atom is 0.408 e. The van der Waals surface area contributed by atoms with Crippen molar-refractivity contribution in [2.45, 2.75) is 52.7 Å². The molecule has 0 bridgehead atoms. The second kappa shape index (κ2) is 9.00. The van der Waals surface area contributed by atoms with E-state index in [1.807, 2.05) is 0 Å². The van der Waals surface area contributed by atoms with Crippen LogP contribution in [0.15, 0.2) is 4.99 Å². The van der Waals surface area contributed by atoms with Gasteiger partial charge in [0.25, 0.3) is 0 Å². The molecule has 0 rings (SSSR count). The van der Waals surface area contributed by atoms with E-state index in [4.69, 9.17) is 21.3 Å². The number of carboxylic acids is 1. The number of nitrogens with one attached hydrogen (secondary N) is 1. The van der Waals surface area contributed by atoms with E-state index in [2.05, 4.69) is 10.3 Å². The van der Waals surface area contributed by atoms with Crippen LogP contribution in [0.4, 0.5) is 4.79 Å². The lowest BCUT2D eigenvalue weighted by Crippen LogP contribution is -2.43. The van der Waals surface area contributed by atoms with Crippen LogP contribution in [0.5, 0.6) is 0 Å². The number of hydrogen-bond donors (Lipinski definition) is 4. The van der Waals surface area contributed by atoms with Crippen LogP contribution in [0.3, 0.4) is 0 Å².